The summed E-state index contributed by atoms with van der Waals surface area (Å²) in [5, 5.41) is 13.3. The highest BCUT2D eigenvalue weighted by molar-refractivity contribution is 6.30. The molecule has 3 nitrogen and oxygen atoms in total. The molecule has 0 saturated heterocycles. The molecule has 2 aromatic carbocycles. The minimum Gasteiger partial charge on any atom is -0.496 e. The fourth-order valence-corrected chi connectivity index (χ4v) is 2.68. The third kappa shape index (κ3) is 4.73. The van der Waals surface area contributed by atoms with E-state index in [9.17, 15) is 0 Å². The Kier molecular flexibility index (Phi) is 6.72. The first-order chi connectivity index (χ1) is 10.7. The van der Waals surface area contributed by atoms with Crippen molar-refractivity contribution >= 4 is 11.6 Å². The van der Waals surface area contributed by atoms with E-state index in [4.69, 9.17) is 21.4 Å². The highest BCUT2D eigenvalue weighted by atomic mass is 35.5. The first-order valence-electron chi connectivity index (χ1n) is 7.46. The minimum absolute atomic E-state index is 0.192. The third-order valence-corrected chi connectivity index (χ3v) is 3.87. The zero-order chi connectivity index (χ0) is 15.8. The summed E-state index contributed by atoms with van der Waals surface area (Å²) < 4.78 is 5.38. The summed E-state index contributed by atoms with van der Waals surface area (Å²) >= 11 is 6.07. The van der Waals surface area contributed by atoms with Gasteiger partial charge in [-0.25, -0.2) is 0 Å². The summed E-state index contributed by atoms with van der Waals surface area (Å²) in [6, 6.07) is 16.1. The van der Waals surface area contributed by atoms with Crippen molar-refractivity contribution in [1.29, 1.82) is 0 Å². The molecule has 0 bridgehead atoms. The number of aliphatic hydroxyl groups excluding tert-OH is 1. The van der Waals surface area contributed by atoms with Gasteiger partial charge in [-0.2, -0.15) is 0 Å². The van der Waals surface area contributed by atoms with E-state index in [0.717, 1.165) is 24.2 Å². The van der Waals surface area contributed by atoms with Gasteiger partial charge in [-0.05, 0) is 36.6 Å². The highest BCUT2D eigenvalue weighted by Gasteiger charge is 2.12. The van der Waals surface area contributed by atoms with Crippen LogP contribution in [0.25, 0.3) is 0 Å². The lowest BCUT2D eigenvalue weighted by Gasteiger charge is -2.20. The molecule has 2 N–H and O–H groups in total. The van der Waals surface area contributed by atoms with Gasteiger partial charge in [0.2, 0.25) is 0 Å². The lowest BCUT2D eigenvalue weighted by molar-refractivity contribution is 0.274. The molecule has 118 valence electrons. The molecule has 4 heteroatoms. The van der Waals surface area contributed by atoms with Crippen LogP contribution < -0.4 is 10.1 Å². The highest BCUT2D eigenvalue weighted by Crippen LogP contribution is 2.24. The topological polar surface area (TPSA) is 41.5 Å². The summed E-state index contributed by atoms with van der Waals surface area (Å²) in [7, 11) is 1.66. The minimum atomic E-state index is 0.192. The number of benzene rings is 2. The van der Waals surface area contributed by atoms with Gasteiger partial charge in [-0.3, -0.25) is 0 Å². The van der Waals surface area contributed by atoms with Gasteiger partial charge in [0.25, 0.3) is 0 Å². The van der Waals surface area contributed by atoms with Gasteiger partial charge >= 0.3 is 0 Å². The van der Waals surface area contributed by atoms with Crippen LogP contribution in [0, 0.1) is 0 Å². The maximum absolute atomic E-state index is 9.10. The predicted molar refractivity (Wildman–Crippen MR) is 90.3 cm³/mol. The molecule has 0 aliphatic rings. The van der Waals surface area contributed by atoms with Crippen molar-refractivity contribution in [1.82, 2.24) is 5.32 Å². The van der Waals surface area contributed by atoms with Crippen LogP contribution in [-0.4, -0.2) is 18.8 Å². The SMILES string of the molecule is COc1ccc(Cl)cc1CNC(CCCO)c1ccccc1. The lowest BCUT2D eigenvalue weighted by Crippen LogP contribution is -2.21. The molecule has 0 amide bonds. The zero-order valence-electron chi connectivity index (χ0n) is 12.8. The molecule has 22 heavy (non-hydrogen) atoms. The number of halogens is 1. The second-order valence-corrected chi connectivity index (χ2v) is 5.60. The van der Waals surface area contributed by atoms with Crippen LogP contribution in [0.3, 0.4) is 0 Å². The third-order valence-electron chi connectivity index (χ3n) is 3.63. The molecule has 2 aromatic rings. The number of hydrogen-bond acceptors (Lipinski definition) is 3. The van der Waals surface area contributed by atoms with E-state index in [0.29, 0.717) is 11.6 Å². The molecule has 2 rings (SSSR count). The van der Waals surface area contributed by atoms with E-state index in [1.807, 2.05) is 36.4 Å². The quantitative estimate of drug-likeness (QED) is 0.774. The predicted octanol–water partition coefficient (Wildman–Crippen LogP) is 3.95. The normalized spacial score (nSPS) is 12.1. The molecule has 1 atom stereocenters. The van der Waals surface area contributed by atoms with Gasteiger partial charge in [0.15, 0.2) is 0 Å². The van der Waals surface area contributed by atoms with Crippen LogP contribution in [0.4, 0.5) is 0 Å². The Morgan fingerprint density at radius 1 is 1.18 bits per heavy atom. The maximum Gasteiger partial charge on any atom is 0.123 e. The number of rotatable bonds is 8. The molecule has 0 radical (unpaired) electrons. The smallest absolute Gasteiger partial charge is 0.123 e. The van der Waals surface area contributed by atoms with Crippen molar-refractivity contribution in [3.8, 4) is 5.75 Å². The van der Waals surface area contributed by atoms with Crippen LogP contribution >= 0.6 is 11.6 Å². The fourth-order valence-electron chi connectivity index (χ4n) is 2.49. The number of aliphatic hydroxyl groups is 1. The molecule has 0 heterocycles. The van der Waals surface area contributed by atoms with Crippen molar-refractivity contribution in [3.63, 3.8) is 0 Å². The molecule has 0 saturated carbocycles. The van der Waals surface area contributed by atoms with Crippen molar-refractivity contribution in [3.05, 3.63) is 64.7 Å². The van der Waals surface area contributed by atoms with E-state index in [2.05, 4.69) is 17.4 Å². The van der Waals surface area contributed by atoms with Crippen molar-refractivity contribution in [2.75, 3.05) is 13.7 Å². The van der Waals surface area contributed by atoms with Crippen LogP contribution in [0.5, 0.6) is 5.75 Å². The molecular weight excluding hydrogens is 298 g/mol. The van der Waals surface area contributed by atoms with Gasteiger partial charge in [-0.1, -0.05) is 41.9 Å². The first kappa shape index (κ1) is 16.8. The Morgan fingerprint density at radius 3 is 2.64 bits per heavy atom. The summed E-state index contributed by atoms with van der Waals surface area (Å²) in [6.07, 6.45) is 1.64. The standard InChI is InChI=1S/C18H22ClNO2/c1-22-18-10-9-16(19)12-15(18)13-20-17(8-5-11-21)14-6-3-2-4-7-14/h2-4,6-7,9-10,12,17,20-21H,5,8,11,13H2,1H3. The van der Waals surface area contributed by atoms with Gasteiger partial charge < -0.3 is 15.2 Å². The van der Waals surface area contributed by atoms with E-state index in [1.165, 1.54) is 5.56 Å². The van der Waals surface area contributed by atoms with Crippen LogP contribution in [0.2, 0.25) is 5.02 Å². The van der Waals surface area contributed by atoms with E-state index in [1.54, 1.807) is 7.11 Å². The monoisotopic (exact) mass is 319 g/mol. The first-order valence-corrected chi connectivity index (χ1v) is 7.84. The molecule has 0 spiro atoms. The molecule has 0 fully saturated rings. The number of ether oxygens (including phenoxy) is 1. The lowest BCUT2D eigenvalue weighted by atomic mass is 10.0. The number of hydrogen-bond donors (Lipinski definition) is 2. The number of nitrogens with one attached hydrogen (secondary N) is 1. The average Bonchev–Trinajstić information content (AvgIpc) is 2.56. The molecule has 1 unspecified atom stereocenters. The fraction of sp³-hybridized carbons (Fsp3) is 0.333. The Bertz CT molecular complexity index is 575. The zero-order valence-corrected chi connectivity index (χ0v) is 13.5. The largest absolute Gasteiger partial charge is 0.496 e. The van der Waals surface area contributed by atoms with Crippen LogP contribution in [0.1, 0.15) is 30.0 Å². The van der Waals surface area contributed by atoms with E-state index < -0.39 is 0 Å². The summed E-state index contributed by atoms with van der Waals surface area (Å²) in [4.78, 5) is 0. The van der Waals surface area contributed by atoms with Gasteiger partial charge in [0, 0.05) is 29.8 Å². The second kappa shape index (κ2) is 8.79. The van der Waals surface area contributed by atoms with Crippen molar-refractivity contribution in [2.45, 2.75) is 25.4 Å². The van der Waals surface area contributed by atoms with Gasteiger partial charge in [0.05, 0.1) is 7.11 Å². The Balaban J connectivity index is 2.09. The summed E-state index contributed by atoms with van der Waals surface area (Å²) in [5.74, 6) is 0.825. The molecule has 0 aromatic heterocycles. The molecular formula is C18H22ClNO2. The molecule has 0 aliphatic carbocycles. The van der Waals surface area contributed by atoms with E-state index in [-0.39, 0.29) is 12.6 Å². The maximum atomic E-state index is 9.10. The Labute approximate surface area is 136 Å². The Morgan fingerprint density at radius 2 is 1.95 bits per heavy atom. The van der Waals surface area contributed by atoms with Gasteiger partial charge in [0.1, 0.15) is 5.75 Å². The average molecular weight is 320 g/mol. The van der Waals surface area contributed by atoms with E-state index >= 15 is 0 Å². The van der Waals surface area contributed by atoms with Crippen LogP contribution in [-0.2, 0) is 6.54 Å². The molecule has 0 aliphatic heterocycles. The second-order valence-electron chi connectivity index (χ2n) is 5.17. The van der Waals surface area contributed by atoms with Gasteiger partial charge in [-0.15, -0.1) is 0 Å². The van der Waals surface area contributed by atoms with Crippen molar-refractivity contribution < 1.29 is 9.84 Å². The van der Waals surface area contributed by atoms with Crippen LogP contribution in [0.15, 0.2) is 48.5 Å². The summed E-state index contributed by atoms with van der Waals surface area (Å²) in [6.45, 7) is 0.861. The van der Waals surface area contributed by atoms with Crippen molar-refractivity contribution in [2.24, 2.45) is 0 Å². The Hall–Kier alpha value is -1.55. The number of methoxy groups -OCH3 is 1. The summed E-state index contributed by atoms with van der Waals surface area (Å²) in [5.41, 5.74) is 2.25.